The van der Waals surface area contributed by atoms with Gasteiger partial charge in [0.2, 0.25) is 5.91 Å². The Morgan fingerprint density at radius 1 is 0.912 bits per heavy atom. The monoisotopic (exact) mass is 541 g/mol. The Bertz CT molecular complexity index is 1210. The average Bonchev–Trinajstić information content (AvgIpc) is 2.87. The van der Waals surface area contributed by atoms with Crippen LogP contribution >= 0.6 is 15.9 Å². The largest absolute Gasteiger partial charge is 0.372 e. The first-order chi connectivity index (χ1) is 16.4. The molecule has 1 heterocycles. The highest BCUT2D eigenvalue weighted by molar-refractivity contribution is 9.10. The van der Waals surface area contributed by atoms with Gasteiger partial charge in [-0.25, -0.2) is 8.42 Å². The Kier molecular flexibility index (Phi) is 7.90. The summed E-state index contributed by atoms with van der Waals surface area (Å²) in [7, 11) is -3.92. The number of hydrogen-bond donors (Lipinski definition) is 1. The zero-order chi connectivity index (χ0) is 24.0. The van der Waals surface area contributed by atoms with E-state index in [0.717, 1.165) is 27.4 Å². The fourth-order valence-corrected chi connectivity index (χ4v) is 5.85. The summed E-state index contributed by atoms with van der Waals surface area (Å²) < 4.78 is 28.6. The molecule has 3 aromatic carbocycles. The first-order valence-electron chi connectivity index (χ1n) is 11.4. The molecule has 0 atom stereocenters. The van der Waals surface area contributed by atoms with Gasteiger partial charge in [0, 0.05) is 29.8 Å². The molecule has 0 bridgehead atoms. The number of anilines is 2. The van der Waals surface area contributed by atoms with Gasteiger partial charge in [0.25, 0.3) is 10.0 Å². The van der Waals surface area contributed by atoms with Gasteiger partial charge in [-0.2, -0.15) is 0 Å². The molecule has 0 radical (unpaired) electrons. The van der Waals surface area contributed by atoms with Gasteiger partial charge in [0.05, 0.1) is 10.6 Å². The van der Waals surface area contributed by atoms with Crippen molar-refractivity contribution in [3.63, 3.8) is 0 Å². The van der Waals surface area contributed by atoms with Crippen molar-refractivity contribution in [3.8, 4) is 0 Å². The summed E-state index contributed by atoms with van der Waals surface area (Å²) in [6.07, 6.45) is 3.73. The molecule has 0 aliphatic carbocycles. The molecule has 4 rings (SSSR count). The molecule has 1 aliphatic rings. The van der Waals surface area contributed by atoms with Crippen molar-refractivity contribution in [2.45, 2.75) is 30.7 Å². The van der Waals surface area contributed by atoms with Crippen LogP contribution in [-0.4, -0.2) is 34.0 Å². The fourth-order valence-electron chi connectivity index (χ4n) is 4.03. The number of halogens is 1. The number of nitrogens with one attached hydrogen (secondary N) is 1. The van der Waals surface area contributed by atoms with Crippen molar-refractivity contribution in [1.82, 2.24) is 5.32 Å². The molecule has 178 valence electrons. The van der Waals surface area contributed by atoms with Gasteiger partial charge in [-0.05, 0) is 67.3 Å². The number of nitrogens with zero attached hydrogens (tertiary/aromatic N) is 2. The summed E-state index contributed by atoms with van der Waals surface area (Å²) in [4.78, 5) is 15.4. The van der Waals surface area contributed by atoms with Crippen molar-refractivity contribution in [2.24, 2.45) is 0 Å². The maximum Gasteiger partial charge on any atom is 0.264 e. The van der Waals surface area contributed by atoms with Gasteiger partial charge in [-0.3, -0.25) is 9.10 Å². The number of rotatable bonds is 8. The number of piperidine rings is 1. The zero-order valence-electron chi connectivity index (χ0n) is 18.9. The molecule has 1 saturated heterocycles. The third-order valence-corrected chi connectivity index (χ3v) is 8.14. The predicted molar refractivity (Wildman–Crippen MR) is 139 cm³/mol. The highest BCUT2D eigenvalue weighted by Crippen LogP contribution is 2.26. The molecule has 1 N–H and O–H groups in total. The van der Waals surface area contributed by atoms with E-state index in [2.05, 4.69) is 38.3 Å². The summed E-state index contributed by atoms with van der Waals surface area (Å²) in [5.74, 6) is -0.375. The van der Waals surface area contributed by atoms with Crippen molar-refractivity contribution >= 4 is 43.2 Å². The second-order valence-electron chi connectivity index (χ2n) is 8.30. The lowest BCUT2D eigenvalue weighted by Gasteiger charge is -2.28. The highest BCUT2D eigenvalue weighted by Gasteiger charge is 2.27. The van der Waals surface area contributed by atoms with Crippen LogP contribution in [-0.2, 0) is 21.4 Å². The number of benzene rings is 3. The third kappa shape index (κ3) is 5.98. The van der Waals surface area contributed by atoms with Gasteiger partial charge < -0.3 is 10.2 Å². The lowest BCUT2D eigenvalue weighted by molar-refractivity contribution is -0.119. The molecule has 0 spiro atoms. The second kappa shape index (κ2) is 11.1. The van der Waals surface area contributed by atoms with Crippen molar-refractivity contribution < 1.29 is 13.2 Å². The average molecular weight is 542 g/mol. The highest BCUT2D eigenvalue weighted by atomic mass is 79.9. The minimum atomic E-state index is -3.92. The molecule has 1 fully saturated rings. The molecular formula is C26H28BrN3O3S. The minimum Gasteiger partial charge on any atom is -0.372 e. The number of carbonyl (C=O) groups is 1. The van der Waals surface area contributed by atoms with Crippen molar-refractivity contribution in [3.05, 3.63) is 88.9 Å². The maximum absolute atomic E-state index is 13.4. The number of sulfonamides is 1. The lowest BCUT2D eigenvalue weighted by Crippen LogP contribution is -2.40. The first kappa shape index (κ1) is 24.3. The van der Waals surface area contributed by atoms with E-state index in [4.69, 9.17) is 0 Å². The smallest absolute Gasteiger partial charge is 0.264 e. The molecule has 1 aliphatic heterocycles. The Balaban J connectivity index is 1.45. The maximum atomic E-state index is 13.4. The van der Waals surface area contributed by atoms with Gasteiger partial charge in [-0.1, -0.05) is 52.3 Å². The molecule has 0 saturated carbocycles. The van der Waals surface area contributed by atoms with Crippen LogP contribution in [0.4, 0.5) is 11.4 Å². The first-order valence-corrected chi connectivity index (χ1v) is 13.6. The zero-order valence-corrected chi connectivity index (χ0v) is 21.3. The van der Waals surface area contributed by atoms with Gasteiger partial charge in [0.1, 0.15) is 6.54 Å². The van der Waals surface area contributed by atoms with E-state index in [9.17, 15) is 13.2 Å². The van der Waals surface area contributed by atoms with Crippen LogP contribution in [0, 0.1) is 0 Å². The van der Waals surface area contributed by atoms with Crippen LogP contribution in [0.5, 0.6) is 0 Å². The van der Waals surface area contributed by atoms with Crippen LogP contribution in [0.25, 0.3) is 0 Å². The van der Waals surface area contributed by atoms with E-state index in [1.54, 1.807) is 36.4 Å². The van der Waals surface area contributed by atoms with E-state index in [1.807, 2.05) is 18.2 Å². The Labute approximate surface area is 209 Å². The molecule has 0 unspecified atom stereocenters. The van der Waals surface area contributed by atoms with Crippen LogP contribution in [0.1, 0.15) is 24.8 Å². The standard InChI is InChI=1S/C26H28BrN3O3S/c27-22-8-7-9-24(18-22)30(34(32,33)25-10-3-1-4-11-25)20-26(31)28-19-21-12-14-23(15-13-21)29-16-5-2-6-17-29/h1,3-4,7-15,18H,2,5-6,16-17,19-20H2,(H,28,31). The summed E-state index contributed by atoms with van der Waals surface area (Å²) >= 11 is 3.39. The molecule has 8 heteroatoms. The topological polar surface area (TPSA) is 69.7 Å². The van der Waals surface area contributed by atoms with Gasteiger partial charge in [0.15, 0.2) is 0 Å². The molecule has 0 aromatic heterocycles. The summed E-state index contributed by atoms with van der Waals surface area (Å²) in [6, 6.07) is 23.3. The number of hydrogen-bond acceptors (Lipinski definition) is 4. The summed E-state index contributed by atoms with van der Waals surface area (Å²) in [5.41, 5.74) is 2.58. The summed E-state index contributed by atoms with van der Waals surface area (Å²) in [6.45, 7) is 2.17. The lowest BCUT2D eigenvalue weighted by atomic mass is 10.1. The van der Waals surface area contributed by atoms with Gasteiger partial charge in [-0.15, -0.1) is 0 Å². The number of amides is 1. The van der Waals surface area contributed by atoms with Crippen LogP contribution < -0.4 is 14.5 Å². The van der Waals surface area contributed by atoms with E-state index in [0.29, 0.717) is 12.2 Å². The Morgan fingerprint density at radius 2 is 1.62 bits per heavy atom. The van der Waals surface area contributed by atoms with Crippen molar-refractivity contribution in [2.75, 3.05) is 28.8 Å². The predicted octanol–water partition coefficient (Wildman–Crippen LogP) is 4.95. The van der Waals surface area contributed by atoms with E-state index in [-0.39, 0.29) is 17.3 Å². The normalized spacial score (nSPS) is 14.0. The Hall–Kier alpha value is -2.84. The van der Waals surface area contributed by atoms with E-state index >= 15 is 0 Å². The SMILES string of the molecule is O=C(CN(c1cccc(Br)c1)S(=O)(=O)c1ccccc1)NCc1ccc(N2CCCCC2)cc1. The minimum absolute atomic E-state index is 0.135. The Morgan fingerprint density at radius 3 is 2.29 bits per heavy atom. The van der Waals surface area contributed by atoms with Crippen molar-refractivity contribution in [1.29, 1.82) is 0 Å². The van der Waals surface area contributed by atoms with Crippen LogP contribution in [0.3, 0.4) is 0 Å². The van der Waals surface area contributed by atoms with Crippen LogP contribution in [0.2, 0.25) is 0 Å². The summed E-state index contributed by atoms with van der Waals surface area (Å²) in [5, 5.41) is 2.87. The quantitative estimate of drug-likeness (QED) is 0.438. The van der Waals surface area contributed by atoms with Gasteiger partial charge >= 0.3 is 0 Å². The fraction of sp³-hybridized carbons (Fsp3) is 0.269. The molecule has 3 aromatic rings. The third-order valence-electron chi connectivity index (χ3n) is 5.86. The van der Waals surface area contributed by atoms with E-state index in [1.165, 1.54) is 37.1 Å². The van der Waals surface area contributed by atoms with Crippen LogP contribution in [0.15, 0.2) is 88.2 Å². The molecule has 6 nitrogen and oxygen atoms in total. The molecule has 1 amide bonds. The molecule has 34 heavy (non-hydrogen) atoms. The van der Waals surface area contributed by atoms with E-state index < -0.39 is 10.0 Å². The second-order valence-corrected chi connectivity index (χ2v) is 11.1. The number of carbonyl (C=O) groups excluding carboxylic acids is 1. The molecular weight excluding hydrogens is 514 g/mol.